The molecule has 0 saturated heterocycles. The molecule has 0 atom stereocenters. The Hall–Kier alpha value is -11.9. The fraction of sp³-hybridized carbons (Fsp3) is 0.427. The molecule has 0 spiro atoms. The van der Waals surface area contributed by atoms with Gasteiger partial charge in [0.15, 0.2) is 47.5 Å². The zero-order valence-corrected chi connectivity index (χ0v) is 65.5. The Labute approximate surface area is 657 Å². The van der Waals surface area contributed by atoms with Crippen molar-refractivity contribution in [1.29, 1.82) is 0 Å². The van der Waals surface area contributed by atoms with Crippen LogP contribution in [-0.2, 0) is 119 Å². The van der Waals surface area contributed by atoms with Gasteiger partial charge in [-0.05, 0) is 64.2 Å². The van der Waals surface area contributed by atoms with Crippen molar-refractivity contribution in [2.24, 2.45) is 0 Å². The average molecular weight is 1610 g/mol. The number of alkyl halides is 6. The molecular formula is C82H98F6N12O15. The van der Waals surface area contributed by atoms with Gasteiger partial charge in [0.1, 0.15) is 45.4 Å². The van der Waals surface area contributed by atoms with E-state index in [4.69, 9.17) is 0 Å². The first-order chi connectivity index (χ1) is 55.1. The van der Waals surface area contributed by atoms with Crippen molar-refractivity contribution in [1.82, 2.24) is 56.2 Å². The molecule has 1 N–H and O–H groups in total. The number of rotatable bonds is 33. The van der Waals surface area contributed by atoms with E-state index in [1.807, 2.05) is 34.6 Å². The number of amides is 6. The number of aryl methyl sites for hydroxylation is 6. The van der Waals surface area contributed by atoms with E-state index in [9.17, 15) is 98.3 Å². The number of hydrogen-bond donors (Lipinski definition) is 1. The van der Waals surface area contributed by atoms with Gasteiger partial charge in [-0.1, -0.05) is 103 Å². The van der Waals surface area contributed by atoms with Gasteiger partial charge >= 0.3 is 17.9 Å². The summed E-state index contributed by atoms with van der Waals surface area (Å²) in [7, 11) is 0. The molecule has 27 nitrogen and oxygen atoms in total. The van der Waals surface area contributed by atoms with E-state index in [1.54, 1.807) is 4.57 Å². The highest BCUT2D eigenvalue weighted by Crippen LogP contribution is 2.27. The highest BCUT2D eigenvalue weighted by molar-refractivity contribution is 6.11. The number of allylic oxidation sites excluding steroid dienone is 4. The molecule has 0 aromatic carbocycles. The molecule has 0 fully saturated rings. The summed E-state index contributed by atoms with van der Waals surface area (Å²) >= 11 is 0. The molecule has 7 aromatic rings. The van der Waals surface area contributed by atoms with Crippen LogP contribution in [-0.4, -0.2) is 106 Å². The fourth-order valence-corrected chi connectivity index (χ4v) is 13.7. The second kappa shape index (κ2) is 43.4. The number of nitrogens with one attached hydrogen (secondary N) is 1. The lowest BCUT2D eigenvalue weighted by Crippen LogP contribution is -2.46. The lowest BCUT2D eigenvalue weighted by molar-refractivity contribution is -0.129. The minimum absolute atomic E-state index is 0.00904. The summed E-state index contributed by atoms with van der Waals surface area (Å²) in [5.74, 6) is -3.79. The van der Waals surface area contributed by atoms with Gasteiger partial charge in [-0.15, -0.1) is 39.5 Å². The zero-order chi connectivity index (χ0) is 85.2. The zero-order valence-electron chi connectivity index (χ0n) is 65.5. The predicted octanol–water partition coefficient (Wildman–Crippen LogP) is 9.03. The van der Waals surface area contributed by atoms with Crippen molar-refractivity contribution in [2.45, 2.75) is 210 Å². The maximum absolute atomic E-state index is 13.8. The Balaban J connectivity index is 0.000000224. The quantitative estimate of drug-likeness (QED) is 0.0228. The Morgan fingerprint density at radius 2 is 0.704 bits per heavy atom. The van der Waals surface area contributed by atoms with Crippen LogP contribution < -0.4 is 55.0 Å². The second-order valence-corrected chi connectivity index (χ2v) is 26.9. The van der Waals surface area contributed by atoms with E-state index >= 15 is 0 Å². The maximum atomic E-state index is 13.8. The van der Waals surface area contributed by atoms with Crippen molar-refractivity contribution >= 4 is 57.5 Å². The molecule has 0 bridgehead atoms. The van der Waals surface area contributed by atoms with E-state index in [0.29, 0.717) is 65.9 Å². The molecule has 3 aliphatic rings. The summed E-state index contributed by atoms with van der Waals surface area (Å²) in [5, 5.41) is 1.77. The van der Waals surface area contributed by atoms with Gasteiger partial charge < -0.3 is 18.3 Å². The summed E-state index contributed by atoms with van der Waals surface area (Å²) < 4.78 is 91.1. The SMILES string of the molecule is C=CCN1C(=O)Cc2c(c(=O)cc(CCCC)n2C(F)F)C1=O.C=CCN1C(=O)Cc2c(c(=O)cc(CCCC)n2CF)C1=O.C=CCn1c(=O)c2c(=O)cc(CCCC)n(CCF)c2n(CC=C)c1=O.C=CCn1c(=O)c2c(=O)cc(CCCC)n(CF)c2n(CC=C)c1=O.CCCCc1cc(=O)c2c(n1CF)CC(=O)NC2=O. The van der Waals surface area contributed by atoms with Gasteiger partial charge in [0.2, 0.25) is 17.7 Å². The number of imide groups is 3. The Kier molecular flexibility index (Phi) is 34.7. The molecule has 3 aliphatic heterocycles. The van der Waals surface area contributed by atoms with Gasteiger partial charge in [0, 0.05) is 115 Å². The fourth-order valence-electron chi connectivity index (χ4n) is 13.7. The van der Waals surface area contributed by atoms with Crippen molar-refractivity contribution in [3.8, 4) is 0 Å². The molecule has 33 heteroatoms. The number of carbonyl (C=O) groups excluding carboxylic acids is 6. The average Bonchev–Trinajstić information content (AvgIpc) is 0.741. The van der Waals surface area contributed by atoms with E-state index in [2.05, 4.69) is 44.8 Å². The molecular weight excluding hydrogens is 1510 g/mol. The third-order valence-corrected chi connectivity index (χ3v) is 19.2. The first-order valence-electron chi connectivity index (χ1n) is 37.9. The van der Waals surface area contributed by atoms with Crippen molar-refractivity contribution in [3.63, 3.8) is 0 Å². The van der Waals surface area contributed by atoms with Crippen molar-refractivity contribution in [2.75, 3.05) is 19.8 Å². The molecule has 6 amide bonds. The minimum atomic E-state index is -2.91. The smallest absolute Gasteiger partial charge is 0.328 e. The number of pyridine rings is 5. The third kappa shape index (κ3) is 20.5. The molecule has 0 saturated carbocycles. The molecule has 7 aromatic heterocycles. The largest absolute Gasteiger partial charge is 0.333 e. The number of carbonyl (C=O) groups is 6. The minimum Gasteiger partial charge on any atom is -0.328 e. The topological polar surface area (TPSA) is 319 Å². The Morgan fingerprint density at radius 1 is 0.383 bits per heavy atom. The molecule has 0 unspecified atom stereocenters. The van der Waals surface area contributed by atoms with Crippen LogP contribution in [0.1, 0.15) is 182 Å². The van der Waals surface area contributed by atoms with E-state index < -0.39 is 125 Å². The first-order valence-corrected chi connectivity index (χ1v) is 37.9. The van der Waals surface area contributed by atoms with Crippen LogP contribution in [0.15, 0.2) is 149 Å². The summed E-state index contributed by atoms with van der Waals surface area (Å²) in [6.45, 7) is 25.0. The van der Waals surface area contributed by atoms with Crippen LogP contribution in [0.3, 0.4) is 0 Å². The predicted molar refractivity (Wildman–Crippen MR) is 426 cm³/mol. The molecule has 0 aliphatic carbocycles. The number of unbranched alkanes of at least 4 members (excludes halogenated alkanes) is 5. The van der Waals surface area contributed by atoms with E-state index in [0.717, 1.165) is 82.8 Å². The monoisotopic (exact) mass is 1600 g/mol. The van der Waals surface area contributed by atoms with Crippen LogP contribution in [0.2, 0.25) is 0 Å². The molecule has 115 heavy (non-hydrogen) atoms. The van der Waals surface area contributed by atoms with Gasteiger partial charge in [-0.2, -0.15) is 8.78 Å². The number of hydrogen-bond acceptors (Lipinski definition) is 15. The lowest BCUT2D eigenvalue weighted by atomic mass is 10.0. The molecule has 10 heterocycles. The summed E-state index contributed by atoms with van der Waals surface area (Å²) in [5.41, 5.74) is -2.93. The number of nitrogens with zero attached hydrogens (tertiary/aromatic N) is 11. The van der Waals surface area contributed by atoms with Crippen molar-refractivity contribution in [3.05, 3.63) is 261 Å². The maximum Gasteiger partial charge on any atom is 0.333 e. The molecule has 618 valence electrons. The summed E-state index contributed by atoms with van der Waals surface area (Å²) in [4.78, 5) is 186. The van der Waals surface area contributed by atoms with Crippen LogP contribution in [0.25, 0.3) is 22.1 Å². The standard InChI is InChI=1S/C19H24FN3O3.C18H22FN3O3.C16H18F2N2O3.C16H19FN2O3.C13H15FN2O3/c1-4-7-8-14-13-15(24)16-17(21(14)12-9-20)22(10-5-2)19(26)23(11-6-3)18(16)25;1-4-7-8-13-11-14(23)15-16(22(13)12-19)20(9-5-2)18(25)21(10-6-3)17(15)24;1-3-5-6-10-8-12(21)14-11(20(10)16(17)18)9-13(22)19(7-4-2)15(14)23;1-3-5-6-11-8-13(20)15-12(19(11)10-17)9-14(21)18(7-4-2)16(15)22;1-2-3-4-8-5-10(17)12-9(16(8)7-14)6-11(18)15-13(12)19/h5-6,13H,2-4,7-12H2,1H3;5-6,11H,2-4,7-10,12H2,1H3;4,8,16H,2-3,5-7,9H2,1H3;4,8H,2-3,5-7,9-10H2,1H3;5H,2-4,6-7H2,1H3,(H,15,18,19). The second-order valence-electron chi connectivity index (χ2n) is 26.9. The van der Waals surface area contributed by atoms with E-state index in [1.165, 1.54) is 83.6 Å². The van der Waals surface area contributed by atoms with Gasteiger partial charge in [0.05, 0.1) is 25.8 Å². The van der Waals surface area contributed by atoms with Gasteiger partial charge in [-0.3, -0.25) is 100 Å². The first kappa shape index (κ1) is 91.9. The van der Waals surface area contributed by atoms with Gasteiger partial charge in [0.25, 0.3) is 28.8 Å². The molecule has 0 radical (unpaired) electrons. The Bertz CT molecular complexity index is 5500. The van der Waals surface area contributed by atoms with Crippen LogP contribution in [0.4, 0.5) is 26.3 Å². The number of fused-ring (bicyclic) bond motifs is 5. The summed E-state index contributed by atoms with van der Waals surface area (Å²) in [6.07, 6.45) is 18.6. The van der Waals surface area contributed by atoms with Crippen LogP contribution in [0.5, 0.6) is 0 Å². The van der Waals surface area contributed by atoms with Gasteiger partial charge in [-0.25, -0.2) is 27.2 Å². The number of halogens is 6. The highest BCUT2D eigenvalue weighted by atomic mass is 19.3. The third-order valence-electron chi connectivity index (χ3n) is 19.2. The summed E-state index contributed by atoms with van der Waals surface area (Å²) in [6, 6.07) is 6.37. The van der Waals surface area contributed by atoms with Crippen molar-refractivity contribution < 1.29 is 55.1 Å². The highest BCUT2D eigenvalue weighted by Gasteiger charge is 2.38. The lowest BCUT2D eigenvalue weighted by Gasteiger charge is -2.28. The van der Waals surface area contributed by atoms with Crippen LogP contribution >= 0.6 is 0 Å². The normalized spacial score (nSPS) is 12.8. The Morgan fingerprint density at radius 3 is 1.08 bits per heavy atom. The van der Waals surface area contributed by atoms with Crippen LogP contribution in [0, 0.1) is 0 Å². The molecule has 10 rings (SSSR count). The number of aromatic nitrogens is 9. The van der Waals surface area contributed by atoms with E-state index in [-0.39, 0.29) is 120 Å².